The molecule has 0 aromatic carbocycles. The summed E-state index contributed by atoms with van der Waals surface area (Å²) >= 11 is 0. The van der Waals surface area contributed by atoms with Crippen molar-refractivity contribution in [1.82, 2.24) is 40.2 Å². The van der Waals surface area contributed by atoms with Crippen LogP contribution in [0, 0.1) is 12.8 Å². The molecule has 3 aromatic rings. The standard InChI is InChI=1S/C22H28N8O4/c1-13-19(33-16-8-3-5-14(11-16)21(31)32)10-9-17(23-13)20-18(29(2)27-24-20)12-30-26-22(25-28-30)34-15-6-4-7-15/h9-10,14-16H,3-8,11-12H2,1-2H3,(H,31,32)/t14-,16+/m1/s1. The van der Waals surface area contributed by atoms with Crippen LogP contribution in [0.5, 0.6) is 11.8 Å². The van der Waals surface area contributed by atoms with E-state index in [9.17, 15) is 9.90 Å². The average Bonchev–Trinajstić information content (AvgIpc) is 3.39. The topological polar surface area (TPSA) is 143 Å². The molecule has 5 rings (SSSR count). The summed E-state index contributed by atoms with van der Waals surface area (Å²) in [6, 6.07) is 3.98. The van der Waals surface area contributed by atoms with Crippen LogP contribution >= 0.6 is 0 Å². The van der Waals surface area contributed by atoms with Crippen LogP contribution in [0.3, 0.4) is 0 Å². The Morgan fingerprint density at radius 1 is 1.09 bits per heavy atom. The van der Waals surface area contributed by atoms with Gasteiger partial charge in [0.05, 0.1) is 29.1 Å². The van der Waals surface area contributed by atoms with Crippen LogP contribution < -0.4 is 9.47 Å². The molecule has 12 heteroatoms. The second-order valence-electron chi connectivity index (χ2n) is 9.00. The molecule has 12 nitrogen and oxygen atoms in total. The van der Waals surface area contributed by atoms with Gasteiger partial charge in [0.15, 0.2) is 0 Å². The van der Waals surface area contributed by atoms with Crippen LogP contribution in [-0.4, -0.2) is 63.5 Å². The molecule has 2 fully saturated rings. The second kappa shape index (κ2) is 9.35. The van der Waals surface area contributed by atoms with Gasteiger partial charge in [0.2, 0.25) is 0 Å². The number of aryl methyl sites for hydroxylation is 2. The minimum atomic E-state index is -0.753. The summed E-state index contributed by atoms with van der Waals surface area (Å²) < 4.78 is 13.5. The maximum absolute atomic E-state index is 11.3. The van der Waals surface area contributed by atoms with E-state index < -0.39 is 5.97 Å². The summed E-state index contributed by atoms with van der Waals surface area (Å²) in [6.07, 6.45) is 6.19. The van der Waals surface area contributed by atoms with Gasteiger partial charge in [0.25, 0.3) is 0 Å². The SMILES string of the molecule is Cc1nc(-c2nnn(C)c2Cn2nnc(OC3CCC3)n2)ccc1O[C@H]1CCC[C@@H](C(=O)O)C1. The van der Waals surface area contributed by atoms with Crippen molar-refractivity contribution in [3.05, 3.63) is 23.5 Å². The number of aromatic nitrogens is 8. The molecule has 0 aliphatic heterocycles. The highest BCUT2D eigenvalue weighted by atomic mass is 16.5. The van der Waals surface area contributed by atoms with E-state index in [0.29, 0.717) is 42.2 Å². The summed E-state index contributed by atoms with van der Waals surface area (Å²) in [5.74, 6) is -0.448. The molecule has 180 valence electrons. The maximum atomic E-state index is 11.3. The summed E-state index contributed by atoms with van der Waals surface area (Å²) in [5.41, 5.74) is 2.77. The van der Waals surface area contributed by atoms with Gasteiger partial charge in [-0.3, -0.25) is 4.79 Å². The number of carboxylic acid groups (broad SMARTS) is 1. The third kappa shape index (κ3) is 4.70. The lowest BCUT2D eigenvalue weighted by molar-refractivity contribution is -0.143. The van der Waals surface area contributed by atoms with Crippen molar-refractivity contribution in [2.24, 2.45) is 13.0 Å². The predicted octanol–water partition coefficient (Wildman–Crippen LogP) is 2.17. The molecule has 0 spiro atoms. The first kappa shape index (κ1) is 22.2. The number of carbonyl (C=O) groups is 1. The van der Waals surface area contributed by atoms with Gasteiger partial charge in [0.1, 0.15) is 24.1 Å². The maximum Gasteiger partial charge on any atom is 0.356 e. The van der Waals surface area contributed by atoms with Crippen molar-refractivity contribution in [3.63, 3.8) is 0 Å². The fraction of sp³-hybridized carbons (Fsp3) is 0.591. The highest BCUT2D eigenvalue weighted by Crippen LogP contribution is 2.30. The quantitative estimate of drug-likeness (QED) is 0.522. The monoisotopic (exact) mass is 468 g/mol. The molecule has 2 aliphatic carbocycles. The third-order valence-electron chi connectivity index (χ3n) is 6.54. The van der Waals surface area contributed by atoms with Gasteiger partial charge < -0.3 is 14.6 Å². The van der Waals surface area contributed by atoms with Crippen LogP contribution in [0.25, 0.3) is 11.4 Å². The van der Waals surface area contributed by atoms with E-state index in [0.717, 1.165) is 31.4 Å². The average molecular weight is 469 g/mol. The number of pyridine rings is 1. The molecule has 1 N–H and O–H groups in total. The van der Waals surface area contributed by atoms with Gasteiger partial charge in [0, 0.05) is 7.05 Å². The van der Waals surface area contributed by atoms with Gasteiger partial charge >= 0.3 is 12.0 Å². The van der Waals surface area contributed by atoms with Gasteiger partial charge in [-0.1, -0.05) is 15.4 Å². The Kier molecular flexibility index (Phi) is 6.12. The van der Waals surface area contributed by atoms with E-state index in [-0.39, 0.29) is 24.1 Å². The van der Waals surface area contributed by atoms with Crippen LogP contribution in [0.1, 0.15) is 56.3 Å². The Bertz CT molecular complexity index is 1170. The van der Waals surface area contributed by atoms with E-state index in [4.69, 9.17) is 14.5 Å². The minimum Gasteiger partial charge on any atom is -0.489 e. The molecule has 2 atom stereocenters. The van der Waals surface area contributed by atoms with Crippen LogP contribution in [0.4, 0.5) is 0 Å². The fourth-order valence-corrected chi connectivity index (χ4v) is 4.33. The number of hydrogen-bond donors (Lipinski definition) is 1. The number of nitrogens with zero attached hydrogens (tertiary/aromatic N) is 8. The van der Waals surface area contributed by atoms with Gasteiger partial charge in [-0.15, -0.1) is 5.10 Å². The van der Waals surface area contributed by atoms with E-state index >= 15 is 0 Å². The number of carboxylic acids is 1. The lowest BCUT2D eigenvalue weighted by Crippen LogP contribution is -2.29. The lowest BCUT2D eigenvalue weighted by Gasteiger charge is -2.27. The summed E-state index contributed by atoms with van der Waals surface area (Å²) in [6.45, 7) is 2.19. The first-order valence-corrected chi connectivity index (χ1v) is 11.7. The first-order valence-electron chi connectivity index (χ1n) is 11.7. The van der Waals surface area contributed by atoms with Crippen molar-refractivity contribution < 1.29 is 19.4 Å². The molecular weight excluding hydrogens is 440 g/mol. The second-order valence-corrected chi connectivity index (χ2v) is 9.00. The zero-order valence-corrected chi connectivity index (χ0v) is 19.3. The van der Waals surface area contributed by atoms with E-state index in [2.05, 4.69) is 25.7 Å². The molecule has 0 saturated heterocycles. The molecule has 0 amide bonds. The number of aliphatic carboxylic acids is 1. The van der Waals surface area contributed by atoms with Gasteiger partial charge in [-0.2, -0.15) is 4.80 Å². The summed E-state index contributed by atoms with van der Waals surface area (Å²) in [7, 11) is 1.81. The van der Waals surface area contributed by atoms with E-state index in [1.54, 1.807) is 11.7 Å². The van der Waals surface area contributed by atoms with Crippen molar-refractivity contribution in [2.75, 3.05) is 0 Å². The molecule has 0 radical (unpaired) electrons. The zero-order valence-electron chi connectivity index (χ0n) is 19.3. The summed E-state index contributed by atoms with van der Waals surface area (Å²) in [5, 5.41) is 30.2. The van der Waals surface area contributed by atoms with Crippen LogP contribution in [0.15, 0.2) is 12.1 Å². The lowest BCUT2D eigenvalue weighted by atomic mass is 9.87. The third-order valence-corrected chi connectivity index (χ3v) is 6.54. The molecule has 2 aliphatic rings. The Morgan fingerprint density at radius 3 is 2.62 bits per heavy atom. The molecule has 2 saturated carbocycles. The van der Waals surface area contributed by atoms with Gasteiger partial charge in [-0.05, 0) is 69.2 Å². The normalized spacial score (nSPS) is 20.6. The Morgan fingerprint density at radius 2 is 1.88 bits per heavy atom. The summed E-state index contributed by atoms with van der Waals surface area (Å²) in [4.78, 5) is 17.5. The van der Waals surface area contributed by atoms with Crippen molar-refractivity contribution in [2.45, 2.75) is 70.6 Å². The van der Waals surface area contributed by atoms with E-state index in [1.807, 2.05) is 19.1 Å². The molecule has 0 unspecified atom stereocenters. The fourth-order valence-electron chi connectivity index (χ4n) is 4.33. The molecule has 34 heavy (non-hydrogen) atoms. The van der Waals surface area contributed by atoms with Gasteiger partial charge in [-0.25, -0.2) is 9.67 Å². The minimum absolute atomic E-state index is 0.122. The smallest absolute Gasteiger partial charge is 0.356 e. The van der Waals surface area contributed by atoms with Crippen molar-refractivity contribution in [1.29, 1.82) is 0 Å². The molecular formula is C22H28N8O4. The largest absolute Gasteiger partial charge is 0.489 e. The van der Waals surface area contributed by atoms with E-state index in [1.165, 1.54) is 11.2 Å². The number of rotatable bonds is 8. The molecule has 0 bridgehead atoms. The molecule has 3 aromatic heterocycles. The van der Waals surface area contributed by atoms with Crippen LogP contribution in [0.2, 0.25) is 0 Å². The number of tetrazole rings is 1. The number of hydrogen-bond acceptors (Lipinski definition) is 9. The highest BCUT2D eigenvalue weighted by Gasteiger charge is 2.29. The van der Waals surface area contributed by atoms with Crippen molar-refractivity contribution >= 4 is 5.97 Å². The Labute approximate surface area is 196 Å². The number of ether oxygens (including phenoxy) is 2. The van der Waals surface area contributed by atoms with Crippen LogP contribution in [-0.2, 0) is 18.4 Å². The predicted molar refractivity (Wildman–Crippen MR) is 118 cm³/mol. The molecule has 3 heterocycles. The Balaban J connectivity index is 1.30. The zero-order chi connectivity index (χ0) is 23.7. The first-order chi connectivity index (χ1) is 16.5. The Hall–Kier alpha value is -3.57. The van der Waals surface area contributed by atoms with Crippen molar-refractivity contribution in [3.8, 4) is 23.1 Å². The highest BCUT2D eigenvalue weighted by molar-refractivity contribution is 5.70.